The Morgan fingerprint density at radius 3 is 2.50 bits per heavy atom. The smallest absolute Gasteiger partial charge is 0.255 e. The first-order chi connectivity index (χ1) is 9.61. The first-order valence-electron chi connectivity index (χ1n) is 6.21. The van der Waals surface area contributed by atoms with Gasteiger partial charge in [0.1, 0.15) is 5.82 Å². The molecule has 0 saturated carbocycles. The molecule has 0 spiro atoms. The van der Waals surface area contributed by atoms with Crippen LogP contribution in [0.3, 0.4) is 0 Å². The number of hydrogen-bond acceptors (Lipinski definition) is 2. The molecule has 0 fully saturated rings. The zero-order chi connectivity index (χ0) is 14.5. The van der Waals surface area contributed by atoms with Crippen LogP contribution >= 0.6 is 15.9 Å². The highest BCUT2D eigenvalue weighted by atomic mass is 79.9. The Bertz CT molecular complexity index is 594. The highest BCUT2D eigenvalue weighted by Crippen LogP contribution is 2.25. The number of carbonyl (C=O) groups excluding carboxylic acids is 1. The molecule has 0 atom stereocenters. The van der Waals surface area contributed by atoms with E-state index in [0.717, 1.165) is 12.2 Å². The molecule has 2 rings (SSSR count). The number of carbonyl (C=O) groups is 1. The molecule has 3 nitrogen and oxygen atoms in total. The van der Waals surface area contributed by atoms with Gasteiger partial charge in [0.15, 0.2) is 0 Å². The molecule has 2 N–H and O–H groups in total. The first-order valence-corrected chi connectivity index (χ1v) is 7.00. The Labute approximate surface area is 125 Å². The van der Waals surface area contributed by atoms with Gasteiger partial charge >= 0.3 is 0 Å². The van der Waals surface area contributed by atoms with E-state index >= 15 is 0 Å². The van der Waals surface area contributed by atoms with Gasteiger partial charge in [-0.1, -0.05) is 6.07 Å². The lowest BCUT2D eigenvalue weighted by atomic mass is 10.2. The lowest BCUT2D eigenvalue weighted by Crippen LogP contribution is -2.13. The molecule has 0 unspecified atom stereocenters. The summed E-state index contributed by atoms with van der Waals surface area (Å²) in [5.41, 5.74) is 1.56. The van der Waals surface area contributed by atoms with Gasteiger partial charge in [-0.15, -0.1) is 0 Å². The van der Waals surface area contributed by atoms with Crippen molar-refractivity contribution in [1.29, 1.82) is 0 Å². The van der Waals surface area contributed by atoms with Crippen LogP contribution in [0.2, 0.25) is 0 Å². The molecule has 0 aliphatic heterocycles. The monoisotopic (exact) mass is 336 g/mol. The zero-order valence-electron chi connectivity index (χ0n) is 10.9. The zero-order valence-corrected chi connectivity index (χ0v) is 12.5. The minimum Gasteiger partial charge on any atom is -0.385 e. The molecule has 2 aromatic rings. The lowest BCUT2D eigenvalue weighted by Gasteiger charge is -2.09. The van der Waals surface area contributed by atoms with Crippen LogP contribution in [0, 0.1) is 5.82 Å². The van der Waals surface area contributed by atoms with E-state index < -0.39 is 5.82 Å². The number of anilines is 2. The standard InChI is InChI=1S/C15H14BrFN2O/c1-2-18-11-8-6-10(7-9-11)15(20)19-14-12(16)4-3-5-13(14)17/h3-9,18H,2H2,1H3,(H,19,20). The van der Waals surface area contributed by atoms with Crippen molar-refractivity contribution in [2.24, 2.45) is 0 Å². The molecule has 20 heavy (non-hydrogen) atoms. The molecule has 0 aliphatic rings. The van der Waals surface area contributed by atoms with Crippen LogP contribution in [0.15, 0.2) is 46.9 Å². The highest BCUT2D eigenvalue weighted by Gasteiger charge is 2.11. The van der Waals surface area contributed by atoms with Crippen LogP contribution in [-0.2, 0) is 0 Å². The van der Waals surface area contributed by atoms with Crippen molar-refractivity contribution in [3.8, 4) is 0 Å². The summed E-state index contributed by atoms with van der Waals surface area (Å²) in [6, 6.07) is 11.6. The van der Waals surface area contributed by atoms with Crippen molar-refractivity contribution in [3.63, 3.8) is 0 Å². The Hall–Kier alpha value is -1.88. The third-order valence-corrected chi connectivity index (χ3v) is 3.39. The van der Waals surface area contributed by atoms with Gasteiger partial charge < -0.3 is 10.6 Å². The molecular formula is C15H14BrFN2O. The molecule has 0 heterocycles. The normalized spacial score (nSPS) is 10.2. The van der Waals surface area contributed by atoms with Gasteiger partial charge in [0.05, 0.1) is 5.69 Å². The van der Waals surface area contributed by atoms with E-state index in [4.69, 9.17) is 0 Å². The molecule has 0 bridgehead atoms. The number of para-hydroxylation sites is 1. The van der Waals surface area contributed by atoms with Gasteiger partial charge in [-0.3, -0.25) is 4.79 Å². The number of hydrogen-bond donors (Lipinski definition) is 2. The minimum absolute atomic E-state index is 0.147. The molecular weight excluding hydrogens is 323 g/mol. The van der Waals surface area contributed by atoms with Gasteiger partial charge in [-0.25, -0.2) is 4.39 Å². The largest absolute Gasteiger partial charge is 0.385 e. The minimum atomic E-state index is -0.475. The predicted molar refractivity (Wildman–Crippen MR) is 82.7 cm³/mol. The van der Waals surface area contributed by atoms with Crippen LogP contribution in [-0.4, -0.2) is 12.5 Å². The lowest BCUT2D eigenvalue weighted by molar-refractivity contribution is 0.102. The third-order valence-electron chi connectivity index (χ3n) is 2.73. The molecule has 2 aromatic carbocycles. The Kier molecular flexibility index (Phi) is 4.74. The molecule has 0 saturated heterocycles. The van der Waals surface area contributed by atoms with E-state index in [-0.39, 0.29) is 11.6 Å². The topological polar surface area (TPSA) is 41.1 Å². The quantitative estimate of drug-likeness (QED) is 0.875. The summed E-state index contributed by atoms with van der Waals surface area (Å²) in [4.78, 5) is 12.1. The fraction of sp³-hybridized carbons (Fsp3) is 0.133. The fourth-order valence-electron chi connectivity index (χ4n) is 1.75. The molecule has 1 amide bonds. The van der Waals surface area contributed by atoms with E-state index in [1.165, 1.54) is 6.07 Å². The number of benzene rings is 2. The van der Waals surface area contributed by atoms with Crippen LogP contribution in [0.25, 0.3) is 0 Å². The van der Waals surface area contributed by atoms with Crippen molar-refractivity contribution >= 4 is 33.2 Å². The number of halogens is 2. The van der Waals surface area contributed by atoms with Crippen LogP contribution in [0.1, 0.15) is 17.3 Å². The van der Waals surface area contributed by atoms with Gasteiger partial charge in [0.25, 0.3) is 5.91 Å². The number of nitrogens with one attached hydrogen (secondary N) is 2. The molecule has 5 heteroatoms. The van der Waals surface area contributed by atoms with E-state index in [1.807, 2.05) is 19.1 Å². The second-order valence-electron chi connectivity index (χ2n) is 4.16. The van der Waals surface area contributed by atoms with E-state index in [9.17, 15) is 9.18 Å². The average Bonchev–Trinajstić information content (AvgIpc) is 2.44. The van der Waals surface area contributed by atoms with Crippen molar-refractivity contribution in [3.05, 3.63) is 58.3 Å². The van der Waals surface area contributed by atoms with Crippen molar-refractivity contribution in [2.45, 2.75) is 6.92 Å². The van der Waals surface area contributed by atoms with Gasteiger partial charge in [0, 0.05) is 22.3 Å². The van der Waals surface area contributed by atoms with Crippen LogP contribution in [0.4, 0.5) is 15.8 Å². The summed E-state index contributed by atoms with van der Waals surface area (Å²) in [6.45, 7) is 2.81. The van der Waals surface area contributed by atoms with E-state index in [0.29, 0.717) is 10.0 Å². The molecule has 0 aromatic heterocycles. The Morgan fingerprint density at radius 2 is 1.90 bits per heavy atom. The second-order valence-corrected chi connectivity index (χ2v) is 5.01. The SMILES string of the molecule is CCNc1ccc(C(=O)Nc2c(F)cccc2Br)cc1. The third kappa shape index (κ3) is 3.36. The predicted octanol–water partition coefficient (Wildman–Crippen LogP) is 4.27. The maximum Gasteiger partial charge on any atom is 0.255 e. The molecule has 104 valence electrons. The number of rotatable bonds is 4. The van der Waals surface area contributed by atoms with Crippen LogP contribution < -0.4 is 10.6 Å². The van der Waals surface area contributed by atoms with E-state index in [2.05, 4.69) is 26.6 Å². The van der Waals surface area contributed by atoms with Gasteiger partial charge in [0.2, 0.25) is 0 Å². The Morgan fingerprint density at radius 1 is 1.20 bits per heavy atom. The average molecular weight is 337 g/mol. The van der Waals surface area contributed by atoms with E-state index in [1.54, 1.807) is 24.3 Å². The summed E-state index contributed by atoms with van der Waals surface area (Å²) in [6.07, 6.45) is 0. The maximum atomic E-state index is 13.6. The summed E-state index contributed by atoms with van der Waals surface area (Å²) in [5, 5.41) is 5.71. The van der Waals surface area contributed by atoms with Crippen molar-refractivity contribution < 1.29 is 9.18 Å². The van der Waals surface area contributed by atoms with Crippen LogP contribution in [0.5, 0.6) is 0 Å². The summed E-state index contributed by atoms with van der Waals surface area (Å²) >= 11 is 3.22. The summed E-state index contributed by atoms with van der Waals surface area (Å²) < 4.78 is 14.1. The highest BCUT2D eigenvalue weighted by molar-refractivity contribution is 9.10. The number of amides is 1. The van der Waals surface area contributed by atoms with Gasteiger partial charge in [-0.05, 0) is 59.3 Å². The summed E-state index contributed by atoms with van der Waals surface area (Å²) in [5.74, 6) is -0.823. The second kappa shape index (κ2) is 6.52. The van der Waals surface area contributed by atoms with Gasteiger partial charge in [-0.2, -0.15) is 0 Å². The molecule has 0 radical (unpaired) electrons. The fourth-order valence-corrected chi connectivity index (χ4v) is 2.19. The van der Waals surface area contributed by atoms with Crippen molar-refractivity contribution in [1.82, 2.24) is 0 Å². The maximum absolute atomic E-state index is 13.6. The Balaban J connectivity index is 2.16. The summed E-state index contributed by atoms with van der Waals surface area (Å²) in [7, 11) is 0. The molecule has 0 aliphatic carbocycles. The van der Waals surface area contributed by atoms with Crippen molar-refractivity contribution in [2.75, 3.05) is 17.2 Å². The first kappa shape index (κ1) is 14.5.